The van der Waals surface area contributed by atoms with Gasteiger partial charge >= 0.3 is 0 Å². The SMILES string of the molecule is CCN(CC)c1ccc2nc3ccc(N=Nc4ccc(NCCC[N+](C)(C)CCSC)cc4)cc3[n+](-c3ccccc3)c2c1. The zero-order valence-electron chi connectivity index (χ0n) is 26.7. The average Bonchev–Trinajstić information content (AvgIpc) is 3.05. The lowest BCUT2D eigenvalue weighted by Crippen LogP contribution is -2.42. The summed E-state index contributed by atoms with van der Waals surface area (Å²) in [6.07, 6.45) is 3.31. The Labute approximate surface area is 266 Å². The van der Waals surface area contributed by atoms with E-state index in [1.54, 1.807) is 0 Å². The van der Waals surface area contributed by atoms with Crippen molar-refractivity contribution in [2.45, 2.75) is 20.3 Å². The molecule has 0 bridgehead atoms. The molecule has 0 amide bonds. The van der Waals surface area contributed by atoms with Gasteiger partial charge in [-0.2, -0.15) is 22.0 Å². The number of benzene rings is 4. The van der Waals surface area contributed by atoms with Crippen LogP contribution in [0, 0.1) is 0 Å². The van der Waals surface area contributed by atoms with Gasteiger partial charge in [0.05, 0.1) is 38.6 Å². The van der Waals surface area contributed by atoms with Gasteiger partial charge in [-0.3, -0.25) is 0 Å². The number of thioether (sulfide) groups is 1. The summed E-state index contributed by atoms with van der Waals surface area (Å²) in [5.74, 6) is 1.20. The van der Waals surface area contributed by atoms with Crippen LogP contribution in [0.4, 0.5) is 22.7 Å². The van der Waals surface area contributed by atoms with Gasteiger partial charge in [0.1, 0.15) is 11.0 Å². The number of aromatic nitrogens is 2. The summed E-state index contributed by atoms with van der Waals surface area (Å²) in [6, 6.07) is 31.3. The van der Waals surface area contributed by atoms with Gasteiger partial charge in [-0.1, -0.05) is 18.2 Å². The van der Waals surface area contributed by atoms with Crippen molar-refractivity contribution in [2.24, 2.45) is 10.2 Å². The Kier molecular flexibility index (Phi) is 10.5. The first-order chi connectivity index (χ1) is 21.4. The minimum absolute atomic E-state index is 0.785. The zero-order chi connectivity index (χ0) is 30.9. The lowest BCUT2D eigenvalue weighted by molar-refractivity contribution is -0.887. The van der Waals surface area contributed by atoms with E-state index < -0.39 is 0 Å². The predicted molar refractivity (Wildman–Crippen MR) is 188 cm³/mol. The molecule has 1 N–H and O–H groups in total. The van der Waals surface area contributed by atoms with Crippen LogP contribution in [0.1, 0.15) is 20.3 Å². The van der Waals surface area contributed by atoms with Crippen LogP contribution >= 0.6 is 11.8 Å². The Bertz CT molecular complexity index is 1700. The number of quaternary nitrogens is 1. The minimum atomic E-state index is 0.785. The van der Waals surface area contributed by atoms with Crippen molar-refractivity contribution in [2.75, 3.05) is 69.0 Å². The molecule has 0 aliphatic carbocycles. The highest BCUT2D eigenvalue weighted by Gasteiger charge is 2.21. The monoisotopic (exact) mass is 607 g/mol. The molecule has 0 spiro atoms. The number of nitrogens with zero attached hydrogens (tertiary/aromatic N) is 6. The summed E-state index contributed by atoms with van der Waals surface area (Å²) >= 11 is 1.92. The van der Waals surface area contributed by atoms with Gasteiger partial charge in [-0.15, -0.1) is 4.57 Å². The maximum Gasteiger partial charge on any atom is 0.239 e. The third-order valence-electron chi connectivity index (χ3n) is 8.10. The van der Waals surface area contributed by atoms with E-state index in [2.05, 4.69) is 120 Å². The molecule has 1 aromatic heterocycles. The summed E-state index contributed by atoms with van der Waals surface area (Å²) in [4.78, 5) is 7.38. The first kappa shape index (κ1) is 31.4. The van der Waals surface area contributed by atoms with E-state index in [0.717, 1.165) is 81.9 Å². The van der Waals surface area contributed by atoms with E-state index in [1.807, 2.05) is 42.1 Å². The molecular formula is C36H45N7S+2. The van der Waals surface area contributed by atoms with E-state index >= 15 is 0 Å². The third kappa shape index (κ3) is 7.73. The number of anilines is 2. The molecule has 0 unspecified atom stereocenters. The van der Waals surface area contributed by atoms with E-state index in [-0.39, 0.29) is 0 Å². The summed E-state index contributed by atoms with van der Waals surface area (Å²) < 4.78 is 3.35. The van der Waals surface area contributed by atoms with Crippen LogP contribution in [-0.2, 0) is 0 Å². The lowest BCUT2D eigenvalue weighted by atomic mass is 10.1. The first-order valence-electron chi connectivity index (χ1n) is 15.6. The Morgan fingerprint density at radius 1 is 0.795 bits per heavy atom. The van der Waals surface area contributed by atoms with Gasteiger partial charge in [0.15, 0.2) is 0 Å². The van der Waals surface area contributed by atoms with Crippen molar-refractivity contribution in [1.29, 1.82) is 0 Å². The predicted octanol–water partition coefficient (Wildman–Crippen LogP) is 8.17. The molecule has 7 nitrogen and oxygen atoms in total. The van der Waals surface area contributed by atoms with E-state index in [9.17, 15) is 0 Å². The topological polar surface area (TPSA) is 56.8 Å². The second kappa shape index (κ2) is 14.6. The van der Waals surface area contributed by atoms with Gasteiger partial charge in [0.25, 0.3) is 0 Å². The summed E-state index contributed by atoms with van der Waals surface area (Å²) in [6.45, 7) is 9.61. The molecular weight excluding hydrogens is 563 g/mol. The molecule has 0 aliphatic heterocycles. The molecule has 8 heteroatoms. The normalized spacial score (nSPS) is 11.9. The molecule has 0 atom stereocenters. The van der Waals surface area contributed by atoms with Crippen molar-refractivity contribution >= 4 is 56.6 Å². The van der Waals surface area contributed by atoms with Crippen LogP contribution < -0.4 is 14.8 Å². The van der Waals surface area contributed by atoms with E-state index in [1.165, 1.54) is 18.0 Å². The molecule has 5 rings (SSSR count). The number of azo groups is 1. The van der Waals surface area contributed by atoms with Crippen molar-refractivity contribution < 1.29 is 9.05 Å². The number of fused-ring (bicyclic) bond motifs is 2. The second-order valence-electron chi connectivity index (χ2n) is 11.7. The van der Waals surface area contributed by atoms with Gasteiger partial charge < -0.3 is 14.7 Å². The van der Waals surface area contributed by atoms with Crippen LogP contribution in [0.15, 0.2) is 101 Å². The van der Waals surface area contributed by atoms with Gasteiger partial charge in [-0.25, -0.2) is 4.98 Å². The molecule has 4 aromatic carbocycles. The standard InChI is InChI=1S/C36H44N7S/c1-6-41(7-2)32-19-21-34-36(27-32)42(31-12-9-8-10-13-31)35-26-30(18-20-33(35)38-34)40-39-29-16-14-28(15-17-29)37-22-11-23-43(3,4)24-25-44-5/h8-10,12-21,26-27H,6-7,11,22-25H2,1-5H3/q+1/p+1. The van der Waals surface area contributed by atoms with E-state index in [4.69, 9.17) is 4.98 Å². The third-order valence-corrected chi connectivity index (χ3v) is 8.69. The van der Waals surface area contributed by atoms with Gasteiger partial charge in [0.2, 0.25) is 16.7 Å². The van der Waals surface area contributed by atoms with Crippen LogP contribution in [0.2, 0.25) is 0 Å². The van der Waals surface area contributed by atoms with Crippen LogP contribution in [-0.4, -0.2) is 68.3 Å². The second-order valence-corrected chi connectivity index (χ2v) is 12.7. The summed E-state index contributed by atoms with van der Waals surface area (Å²) in [7, 11) is 4.63. The van der Waals surface area contributed by atoms with Gasteiger partial charge in [0, 0.05) is 67.4 Å². The molecule has 0 saturated carbocycles. The molecule has 44 heavy (non-hydrogen) atoms. The fourth-order valence-corrected chi connectivity index (χ4v) is 6.16. The van der Waals surface area contributed by atoms with Crippen LogP contribution in [0.3, 0.4) is 0 Å². The molecule has 228 valence electrons. The molecule has 0 fully saturated rings. The van der Waals surface area contributed by atoms with Gasteiger partial charge in [-0.05, 0) is 68.6 Å². The number of hydrogen-bond acceptors (Lipinski definition) is 6. The first-order valence-corrected chi connectivity index (χ1v) is 17.0. The maximum absolute atomic E-state index is 5.02. The zero-order valence-corrected chi connectivity index (χ0v) is 27.5. The molecule has 5 aromatic rings. The largest absolute Gasteiger partial charge is 0.385 e. The number of nitrogens with one attached hydrogen (secondary N) is 1. The Hall–Kier alpha value is -4.01. The quantitative estimate of drug-likeness (QED) is 0.0455. The summed E-state index contributed by atoms with van der Waals surface area (Å²) in [5, 5.41) is 12.7. The Morgan fingerprint density at radius 3 is 2.16 bits per heavy atom. The highest BCUT2D eigenvalue weighted by molar-refractivity contribution is 7.98. The van der Waals surface area contributed by atoms with Crippen molar-refractivity contribution in [3.8, 4) is 5.69 Å². The lowest BCUT2D eigenvalue weighted by Gasteiger charge is -2.29. The Morgan fingerprint density at radius 2 is 1.45 bits per heavy atom. The Balaban J connectivity index is 1.37. The van der Waals surface area contributed by atoms with Crippen molar-refractivity contribution in [1.82, 2.24) is 4.98 Å². The highest BCUT2D eigenvalue weighted by atomic mass is 32.2. The summed E-state index contributed by atoms with van der Waals surface area (Å²) in [5.41, 5.74) is 8.91. The van der Waals surface area contributed by atoms with Crippen molar-refractivity contribution in [3.63, 3.8) is 0 Å². The van der Waals surface area contributed by atoms with Crippen LogP contribution in [0.5, 0.6) is 0 Å². The highest BCUT2D eigenvalue weighted by Crippen LogP contribution is 2.27. The number of para-hydroxylation sites is 1. The minimum Gasteiger partial charge on any atom is -0.385 e. The average molecular weight is 608 g/mol. The number of hydrogen-bond donors (Lipinski definition) is 1. The molecule has 0 aliphatic rings. The van der Waals surface area contributed by atoms with E-state index in [0.29, 0.717) is 0 Å². The fraction of sp³-hybridized carbons (Fsp3) is 0.333. The smallest absolute Gasteiger partial charge is 0.239 e. The maximum atomic E-state index is 5.02. The number of rotatable bonds is 14. The van der Waals surface area contributed by atoms with Crippen LogP contribution in [0.25, 0.3) is 27.8 Å². The van der Waals surface area contributed by atoms with Crippen molar-refractivity contribution in [3.05, 3.63) is 91.0 Å². The fourth-order valence-electron chi connectivity index (χ4n) is 5.48. The molecule has 1 heterocycles. The molecule has 0 radical (unpaired) electrons. The molecule has 0 saturated heterocycles.